The van der Waals surface area contributed by atoms with Crippen molar-refractivity contribution in [2.75, 3.05) is 6.61 Å². The van der Waals surface area contributed by atoms with Crippen LogP contribution in [0.2, 0.25) is 0 Å². The van der Waals surface area contributed by atoms with Gasteiger partial charge in [-0.15, -0.1) is 0 Å². The molecule has 0 saturated heterocycles. The number of aliphatic imine (C=N–C) groups is 1. The summed E-state index contributed by atoms with van der Waals surface area (Å²) in [5.41, 5.74) is 5.42. The molecule has 0 bridgehead atoms. The summed E-state index contributed by atoms with van der Waals surface area (Å²) in [5, 5.41) is 5.25. The average Bonchev–Trinajstić information content (AvgIpc) is 2.18. The van der Waals surface area contributed by atoms with Crippen molar-refractivity contribution in [3.63, 3.8) is 0 Å². The Morgan fingerprint density at radius 2 is 2.60 bits per heavy atom. The van der Waals surface area contributed by atoms with Gasteiger partial charge in [0.2, 0.25) is 0 Å². The van der Waals surface area contributed by atoms with E-state index in [0.717, 1.165) is 12.8 Å². The zero-order chi connectivity index (χ0) is 11.1. The first kappa shape index (κ1) is 11.4. The molecule has 0 aromatic carbocycles. The second-order valence-corrected chi connectivity index (χ2v) is 3.10. The lowest BCUT2D eigenvalue weighted by Gasteiger charge is -2.15. The Bertz CT molecular complexity index is 275. The molecule has 1 atom stereocenters. The van der Waals surface area contributed by atoms with Crippen molar-refractivity contribution in [3.8, 4) is 0 Å². The van der Waals surface area contributed by atoms with Gasteiger partial charge in [0.05, 0.1) is 6.61 Å². The van der Waals surface area contributed by atoms with Crippen molar-refractivity contribution in [1.82, 2.24) is 10.6 Å². The average molecular weight is 212 g/mol. The van der Waals surface area contributed by atoms with Gasteiger partial charge in [-0.25, -0.2) is 9.79 Å². The molecule has 0 saturated carbocycles. The minimum atomic E-state index is -0.475. The summed E-state index contributed by atoms with van der Waals surface area (Å²) >= 11 is 0. The van der Waals surface area contributed by atoms with Crippen LogP contribution in [0.3, 0.4) is 0 Å². The van der Waals surface area contributed by atoms with Gasteiger partial charge in [-0.05, 0) is 12.5 Å². The molecule has 0 aromatic rings. The highest BCUT2D eigenvalue weighted by atomic mass is 16.5. The van der Waals surface area contributed by atoms with Gasteiger partial charge in [-0.3, -0.25) is 5.32 Å². The smallest absolute Gasteiger partial charge is 0.409 e. The van der Waals surface area contributed by atoms with Gasteiger partial charge in [-0.2, -0.15) is 0 Å². The van der Waals surface area contributed by atoms with Crippen LogP contribution in [0.5, 0.6) is 0 Å². The molecule has 4 N–H and O–H groups in total. The lowest BCUT2D eigenvalue weighted by molar-refractivity contribution is 0.142. The third-order valence-corrected chi connectivity index (χ3v) is 1.78. The van der Waals surface area contributed by atoms with Gasteiger partial charge in [0.25, 0.3) is 0 Å². The Morgan fingerprint density at radius 3 is 3.27 bits per heavy atom. The summed E-state index contributed by atoms with van der Waals surface area (Å²) in [6.07, 6.45) is 4.24. The van der Waals surface area contributed by atoms with E-state index < -0.39 is 12.3 Å². The first-order valence-electron chi connectivity index (χ1n) is 4.92. The van der Waals surface area contributed by atoms with Crippen LogP contribution >= 0.6 is 0 Å². The van der Waals surface area contributed by atoms with Gasteiger partial charge in [-0.1, -0.05) is 13.3 Å². The quantitative estimate of drug-likeness (QED) is 0.583. The van der Waals surface area contributed by atoms with Crippen LogP contribution in [0.4, 0.5) is 4.79 Å². The summed E-state index contributed by atoms with van der Waals surface area (Å²) in [5.74, 6) is 0.274. The predicted molar refractivity (Wildman–Crippen MR) is 57.1 cm³/mol. The normalized spacial score (nSPS) is 19.0. The molecule has 15 heavy (non-hydrogen) atoms. The van der Waals surface area contributed by atoms with Crippen LogP contribution in [0.25, 0.3) is 0 Å². The molecule has 0 aromatic heterocycles. The highest BCUT2D eigenvalue weighted by molar-refractivity contribution is 5.80. The summed E-state index contributed by atoms with van der Waals surface area (Å²) in [4.78, 5) is 15.1. The van der Waals surface area contributed by atoms with Crippen molar-refractivity contribution in [1.29, 1.82) is 0 Å². The number of hydrogen-bond donors (Lipinski definition) is 3. The molecule has 6 heteroatoms. The van der Waals surface area contributed by atoms with Crippen molar-refractivity contribution < 1.29 is 9.53 Å². The molecule has 84 valence electrons. The standard InChI is InChI=1S/C9H16N4O2/c1-2-3-6-15-9(14)13-7-4-5-11-8(10)12-7/h4-5,7H,2-3,6H2,1H3,(H,13,14)(H3,10,11,12). The van der Waals surface area contributed by atoms with E-state index >= 15 is 0 Å². The molecule has 1 aliphatic rings. The molecule has 1 unspecified atom stereocenters. The SMILES string of the molecule is CCCCOC(=O)NC1C=CNC(N)=N1. The molecule has 0 fully saturated rings. The number of nitrogens with zero attached hydrogens (tertiary/aromatic N) is 1. The number of nitrogens with two attached hydrogens (primary N) is 1. The second kappa shape index (κ2) is 5.90. The molecular formula is C9H16N4O2. The monoisotopic (exact) mass is 212 g/mol. The minimum absolute atomic E-state index is 0.274. The van der Waals surface area contributed by atoms with Crippen LogP contribution < -0.4 is 16.4 Å². The number of carbonyl (C=O) groups is 1. The molecular weight excluding hydrogens is 196 g/mol. The number of nitrogens with one attached hydrogen (secondary N) is 2. The summed E-state index contributed by atoms with van der Waals surface area (Å²) < 4.78 is 4.91. The zero-order valence-electron chi connectivity index (χ0n) is 8.69. The Kier molecular flexibility index (Phi) is 4.46. The maximum Gasteiger partial charge on any atom is 0.409 e. The summed E-state index contributed by atoms with van der Waals surface area (Å²) in [6.45, 7) is 2.46. The molecule has 6 nitrogen and oxygen atoms in total. The highest BCUT2D eigenvalue weighted by Crippen LogP contribution is 1.95. The highest BCUT2D eigenvalue weighted by Gasteiger charge is 2.11. The molecule has 0 radical (unpaired) electrons. The number of unbranched alkanes of at least 4 members (excludes halogenated alkanes) is 1. The maximum atomic E-state index is 11.2. The Morgan fingerprint density at radius 1 is 1.80 bits per heavy atom. The van der Waals surface area contributed by atoms with Crippen molar-refractivity contribution >= 4 is 12.1 Å². The maximum absolute atomic E-state index is 11.2. The summed E-state index contributed by atoms with van der Waals surface area (Å²) in [7, 11) is 0. The lowest BCUT2D eigenvalue weighted by atomic mass is 10.4. The fourth-order valence-corrected chi connectivity index (χ4v) is 1.01. The van der Waals surface area contributed by atoms with E-state index in [1.54, 1.807) is 12.3 Å². The number of guanidine groups is 1. The number of carbonyl (C=O) groups excluding carboxylic acids is 1. The van der Waals surface area contributed by atoms with Crippen molar-refractivity contribution in [2.24, 2.45) is 10.7 Å². The minimum Gasteiger partial charge on any atom is -0.450 e. The van der Waals surface area contributed by atoms with Gasteiger partial charge in [0.1, 0.15) is 6.17 Å². The van der Waals surface area contributed by atoms with Gasteiger partial charge < -0.3 is 15.8 Å². The van der Waals surface area contributed by atoms with E-state index in [9.17, 15) is 4.79 Å². The zero-order valence-corrected chi connectivity index (χ0v) is 8.69. The summed E-state index contributed by atoms with van der Waals surface area (Å²) in [6, 6.07) is 0. The van der Waals surface area contributed by atoms with Gasteiger partial charge in [0.15, 0.2) is 5.96 Å². The van der Waals surface area contributed by atoms with Crippen molar-refractivity contribution in [3.05, 3.63) is 12.3 Å². The van der Waals surface area contributed by atoms with Crippen LogP contribution in [0.15, 0.2) is 17.3 Å². The fraction of sp³-hybridized carbons (Fsp3) is 0.556. The van der Waals surface area contributed by atoms with E-state index in [4.69, 9.17) is 10.5 Å². The van der Waals surface area contributed by atoms with Gasteiger partial charge >= 0.3 is 6.09 Å². The Balaban J connectivity index is 2.25. The molecule has 1 rings (SSSR count). The van der Waals surface area contributed by atoms with E-state index in [1.165, 1.54) is 0 Å². The molecule has 1 amide bonds. The second-order valence-electron chi connectivity index (χ2n) is 3.10. The van der Waals surface area contributed by atoms with Crippen LogP contribution in [-0.2, 0) is 4.74 Å². The van der Waals surface area contributed by atoms with Crippen LogP contribution in [-0.4, -0.2) is 24.8 Å². The van der Waals surface area contributed by atoms with E-state index in [0.29, 0.717) is 6.61 Å². The lowest BCUT2D eigenvalue weighted by Crippen LogP contribution is -2.40. The molecule has 1 heterocycles. The number of amides is 1. The largest absolute Gasteiger partial charge is 0.450 e. The Labute approximate surface area is 88.6 Å². The van der Waals surface area contributed by atoms with Crippen molar-refractivity contribution in [2.45, 2.75) is 25.9 Å². The number of rotatable bonds is 4. The molecule has 1 aliphatic heterocycles. The van der Waals surface area contributed by atoms with Gasteiger partial charge in [0, 0.05) is 6.20 Å². The topological polar surface area (TPSA) is 88.7 Å². The number of hydrogen-bond acceptors (Lipinski definition) is 5. The molecule has 0 spiro atoms. The van der Waals surface area contributed by atoms with E-state index in [2.05, 4.69) is 15.6 Å². The third-order valence-electron chi connectivity index (χ3n) is 1.78. The van der Waals surface area contributed by atoms with Crippen LogP contribution in [0, 0.1) is 0 Å². The van der Waals surface area contributed by atoms with Crippen LogP contribution in [0.1, 0.15) is 19.8 Å². The first-order valence-corrected chi connectivity index (χ1v) is 4.92. The third kappa shape index (κ3) is 4.35. The molecule has 0 aliphatic carbocycles. The predicted octanol–water partition coefficient (Wildman–Crippen LogP) is 0.270. The number of ether oxygens (including phenoxy) is 1. The fourth-order valence-electron chi connectivity index (χ4n) is 1.01. The van der Waals surface area contributed by atoms with E-state index in [-0.39, 0.29) is 5.96 Å². The number of alkyl carbamates (subject to hydrolysis) is 1. The first-order chi connectivity index (χ1) is 7.22. The Hall–Kier alpha value is -1.72. The van der Waals surface area contributed by atoms with E-state index in [1.807, 2.05) is 6.92 Å².